The second-order valence-electron chi connectivity index (χ2n) is 4.21. The van der Waals surface area contributed by atoms with Crippen molar-refractivity contribution in [3.05, 3.63) is 12.4 Å². The molecule has 0 bridgehead atoms. The topological polar surface area (TPSA) is 70.3 Å². The third kappa shape index (κ3) is 3.06. The first-order chi connectivity index (χ1) is 8.33. The molecular formula is C12H19N3O2. The molecule has 1 saturated carbocycles. The molecule has 1 fully saturated rings. The monoisotopic (exact) mass is 237 g/mol. The van der Waals surface area contributed by atoms with Crippen LogP contribution in [0.5, 0.6) is 11.8 Å². The van der Waals surface area contributed by atoms with Gasteiger partial charge in [-0.3, -0.25) is 4.98 Å². The molecule has 2 unspecified atom stereocenters. The number of ether oxygens (including phenoxy) is 2. The minimum absolute atomic E-state index is 0.172. The molecule has 1 aliphatic carbocycles. The minimum Gasteiger partial charge on any atom is -0.477 e. The third-order valence-corrected chi connectivity index (χ3v) is 3.05. The second-order valence-corrected chi connectivity index (χ2v) is 4.21. The lowest BCUT2D eigenvalue weighted by atomic mass is 10.1. The molecule has 0 saturated heterocycles. The number of aromatic nitrogens is 2. The molecule has 2 rings (SSSR count). The van der Waals surface area contributed by atoms with Crippen molar-refractivity contribution in [3.63, 3.8) is 0 Å². The summed E-state index contributed by atoms with van der Waals surface area (Å²) in [6, 6.07) is 0. The van der Waals surface area contributed by atoms with E-state index < -0.39 is 0 Å². The fourth-order valence-corrected chi connectivity index (χ4v) is 2.19. The molecule has 17 heavy (non-hydrogen) atoms. The highest BCUT2D eigenvalue weighted by atomic mass is 16.5. The quantitative estimate of drug-likeness (QED) is 0.837. The average Bonchev–Trinajstić information content (AvgIpc) is 2.77. The van der Waals surface area contributed by atoms with E-state index in [9.17, 15) is 0 Å². The van der Waals surface area contributed by atoms with Crippen molar-refractivity contribution in [2.75, 3.05) is 13.2 Å². The molecule has 0 amide bonds. The first-order valence-electron chi connectivity index (χ1n) is 6.15. The highest BCUT2D eigenvalue weighted by Crippen LogP contribution is 2.28. The Morgan fingerprint density at radius 3 is 2.94 bits per heavy atom. The molecule has 94 valence electrons. The van der Waals surface area contributed by atoms with Crippen LogP contribution in [0.2, 0.25) is 0 Å². The summed E-state index contributed by atoms with van der Waals surface area (Å²) in [4.78, 5) is 8.30. The SMILES string of the molecule is CCOc1cncc(OC2CCCC2CN)n1. The van der Waals surface area contributed by atoms with Gasteiger partial charge in [0, 0.05) is 5.92 Å². The van der Waals surface area contributed by atoms with Gasteiger partial charge in [-0.05, 0) is 32.7 Å². The maximum Gasteiger partial charge on any atom is 0.235 e. The minimum atomic E-state index is 0.172. The van der Waals surface area contributed by atoms with Crippen LogP contribution in [0, 0.1) is 5.92 Å². The molecule has 1 aromatic heterocycles. The number of rotatable bonds is 5. The molecule has 0 radical (unpaired) electrons. The van der Waals surface area contributed by atoms with Crippen LogP contribution in [0.3, 0.4) is 0 Å². The number of nitrogens with two attached hydrogens (primary N) is 1. The summed E-state index contributed by atoms with van der Waals surface area (Å²) < 4.78 is 11.1. The fourth-order valence-electron chi connectivity index (χ4n) is 2.19. The molecule has 0 spiro atoms. The number of hydrogen-bond acceptors (Lipinski definition) is 5. The molecule has 1 heterocycles. The van der Waals surface area contributed by atoms with Gasteiger partial charge in [0.25, 0.3) is 0 Å². The van der Waals surface area contributed by atoms with E-state index in [-0.39, 0.29) is 6.10 Å². The van der Waals surface area contributed by atoms with E-state index in [2.05, 4.69) is 9.97 Å². The molecule has 0 aromatic carbocycles. The van der Waals surface area contributed by atoms with Crippen molar-refractivity contribution in [2.45, 2.75) is 32.3 Å². The van der Waals surface area contributed by atoms with Gasteiger partial charge in [-0.25, -0.2) is 0 Å². The summed E-state index contributed by atoms with van der Waals surface area (Å²) in [5.74, 6) is 1.47. The normalized spacial score (nSPS) is 23.6. The molecule has 2 N–H and O–H groups in total. The summed E-state index contributed by atoms with van der Waals surface area (Å²) in [5, 5.41) is 0. The predicted molar refractivity (Wildman–Crippen MR) is 64.0 cm³/mol. The van der Waals surface area contributed by atoms with Crippen LogP contribution in [0.25, 0.3) is 0 Å². The zero-order valence-electron chi connectivity index (χ0n) is 10.1. The van der Waals surface area contributed by atoms with E-state index in [1.165, 1.54) is 6.42 Å². The van der Waals surface area contributed by atoms with Crippen molar-refractivity contribution in [3.8, 4) is 11.8 Å². The average molecular weight is 237 g/mol. The van der Waals surface area contributed by atoms with E-state index >= 15 is 0 Å². The molecule has 5 nitrogen and oxygen atoms in total. The maximum atomic E-state index is 5.83. The Hall–Kier alpha value is -1.36. The van der Waals surface area contributed by atoms with Crippen molar-refractivity contribution < 1.29 is 9.47 Å². The van der Waals surface area contributed by atoms with E-state index in [1.807, 2.05) is 6.92 Å². The van der Waals surface area contributed by atoms with Crippen molar-refractivity contribution >= 4 is 0 Å². The molecule has 0 aliphatic heterocycles. The standard InChI is InChI=1S/C12H19N3O2/c1-2-16-11-7-14-8-12(15-11)17-10-5-3-4-9(10)6-13/h7-10H,2-6,13H2,1H3. The third-order valence-electron chi connectivity index (χ3n) is 3.05. The van der Waals surface area contributed by atoms with Gasteiger partial charge < -0.3 is 15.2 Å². The summed E-state index contributed by atoms with van der Waals surface area (Å²) in [6.45, 7) is 3.16. The van der Waals surface area contributed by atoms with E-state index in [0.717, 1.165) is 12.8 Å². The molecule has 2 atom stereocenters. The number of hydrogen-bond donors (Lipinski definition) is 1. The van der Waals surface area contributed by atoms with Gasteiger partial charge in [0.05, 0.1) is 19.0 Å². The van der Waals surface area contributed by atoms with E-state index in [4.69, 9.17) is 15.2 Å². The van der Waals surface area contributed by atoms with Crippen LogP contribution < -0.4 is 15.2 Å². The van der Waals surface area contributed by atoms with E-state index in [0.29, 0.717) is 30.8 Å². The summed E-state index contributed by atoms with van der Waals surface area (Å²) in [5.41, 5.74) is 5.71. The van der Waals surface area contributed by atoms with Gasteiger partial charge >= 0.3 is 0 Å². The van der Waals surface area contributed by atoms with Crippen LogP contribution in [0.15, 0.2) is 12.4 Å². The highest BCUT2D eigenvalue weighted by molar-refractivity contribution is 5.13. The van der Waals surface area contributed by atoms with Crippen LogP contribution in [-0.2, 0) is 0 Å². The fraction of sp³-hybridized carbons (Fsp3) is 0.667. The molecular weight excluding hydrogens is 218 g/mol. The second kappa shape index (κ2) is 5.82. The van der Waals surface area contributed by atoms with Gasteiger partial charge in [0.2, 0.25) is 11.8 Å². The summed E-state index contributed by atoms with van der Waals surface area (Å²) in [6.07, 6.45) is 6.73. The first-order valence-corrected chi connectivity index (χ1v) is 6.15. The van der Waals surface area contributed by atoms with Crippen molar-refractivity contribution in [2.24, 2.45) is 11.7 Å². The first kappa shape index (κ1) is 12.1. The molecule has 1 aromatic rings. The summed E-state index contributed by atoms with van der Waals surface area (Å²) in [7, 11) is 0. The van der Waals surface area contributed by atoms with Gasteiger partial charge in [-0.15, -0.1) is 0 Å². The van der Waals surface area contributed by atoms with Crippen molar-refractivity contribution in [1.82, 2.24) is 9.97 Å². The Labute approximate surface area is 101 Å². The smallest absolute Gasteiger partial charge is 0.235 e. The number of nitrogens with zero attached hydrogens (tertiary/aromatic N) is 2. The van der Waals surface area contributed by atoms with Gasteiger partial charge in [-0.2, -0.15) is 4.98 Å². The lowest BCUT2D eigenvalue weighted by Gasteiger charge is -2.18. The Morgan fingerprint density at radius 2 is 2.18 bits per heavy atom. The Morgan fingerprint density at radius 1 is 1.35 bits per heavy atom. The lowest BCUT2D eigenvalue weighted by Crippen LogP contribution is -2.28. The Kier molecular flexibility index (Phi) is 4.14. The zero-order chi connectivity index (χ0) is 12.1. The maximum absolute atomic E-state index is 5.83. The predicted octanol–water partition coefficient (Wildman–Crippen LogP) is 1.38. The van der Waals surface area contributed by atoms with E-state index in [1.54, 1.807) is 12.4 Å². The molecule has 5 heteroatoms. The summed E-state index contributed by atoms with van der Waals surface area (Å²) >= 11 is 0. The van der Waals surface area contributed by atoms with Crippen LogP contribution in [0.4, 0.5) is 0 Å². The van der Waals surface area contributed by atoms with Crippen molar-refractivity contribution in [1.29, 1.82) is 0 Å². The zero-order valence-corrected chi connectivity index (χ0v) is 10.1. The lowest BCUT2D eigenvalue weighted by molar-refractivity contribution is 0.153. The van der Waals surface area contributed by atoms with Crippen LogP contribution in [0.1, 0.15) is 26.2 Å². The Balaban J connectivity index is 2.00. The Bertz CT molecular complexity index is 359. The van der Waals surface area contributed by atoms with Gasteiger partial charge in [-0.1, -0.05) is 0 Å². The highest BCUT2D eigenvalue weighted by Gasteiger charge is 2.28. The molecule has 1 aliphatic rings. The van der Waals surface area contributed by atoms with Gasteiger partial charge in [0.1, 0.15) is 6.10 Å². The van der Waals surface area contributed by atoms with Gasteiger partial charge in [0.15, 0.2) is 0 Å². The largest absolute Gasteiger partial charge is 0.477 e. The van der Waals surface area contributed by atoms with Crippen LogP contribution in [-0.4, -0.2) is 29.2 Å². The van der Waals surface area contributed by atoms with Crippen LogP contribution >= 0.6 is 0 Å².